The molecule has 0 rings (SSSR count). The van der Waals surface area contributed by atoms with Crippen LogP contribution >= 0.6 is 0 Å². The van der Waals surface area contributed by atoms with Gasteiger partial charge in [0.1, 0.15) is 0 Å². The minimum absolute atomic E-state index is 0.157. The van der Waals surface area contributed by atoms with Crippen LogP contribution in [0, 0.1) is 0 Å². The van der Waals surface area contributed by atoms with Crippen molar-refractivity contribution < 1.29 is 18.8 Å². The lowest BCUT2D eigenvalue weighted by Gasteiger charge is -2.17. The molecule has 0 bridgehead atoms. The summed E-state index contributed by atoms with van der Waals surface area (Å²) in [6.07, 6.45) is 1.72. The number of unbranched alkanes of at least 4 members (excludes halogenated alkanes) is 1. The highest BCUT2D eigenvalue weighted by atomic mass is 28.4. The van der Waals surface area contributed by atoms with Gasteiger partial charge in [-0.25, -0.2) is 4.79 Å². The third kappa shape index (κ3) is 9.80. The molecule has 0 amide bonds. The van der Waals surface area contributed by atoms with Gasteiger partial charge in [0.2, 0.25) is 8.32 Å². The first kappa shape index (κ1) is 15.9. The second-order valence-electron chi connectivity index (χ2n) is 4.96. The molecule has 0 aliphatic heterocycles. The largest absolute Gasteiger partial charge is 0.520 e. The summed E-state index contributed by atoms with van der Waals surface area (Å²) in [5.41, 5.74) is 0.392. The third-order valence-electron chi connectivity index (χ3n) is 1.78. The van der Waals surface area contributed by atoms with Gasteiger partial charge in [-0.2, -0.15) is 0 Å². The molecule has 0 aromatic heterocycles. The minimum atomic E-state index is -1.77. The van der Waals surface area contributed by atoms with Crippen molar-refractivity contribution in [2.75, 3.05) is 6.61 Å². The van der Waals surface area contributed by atoms with Gasteiger partial charge in [0, 0.05) is 12.0 Å². The fraction of sp³-hybridized carbons (Fsp3) is 0.667. The first-order chi connectivity index (χ1) is 7.72. The smallest absolute Gasteiger partial charge is 0.333 e. The highest BCUT2D eigenvalue weighted by Gasteiger charge is 2.19. The zero-order chi connectivity index (χ0) is 13.5. The van der Waals surface area contributed by atoms with Crippen LogP contribution in [0.5, 0.6) is 0 Å². The SMILES string of the molecule is C=C(C)C(=O)OCCCCC(=O)O[Si](C)(C)C. The summed E-state index contributed by atoms with van der Waals surface area (Å²) in [7, 11) is -1.77. The van der Waals surface area contributed by atoms with Gasteiger partial charge in [0.05, 0.1) is 6.61 Å². The van der Waals surface area contributed by atoms with Gasteiger partial charge in [0.25, 0.3) is 5.97 Å². The van der Waals surface area contributed by atoms with E-state index in [1.54, 1.807) is 6.92 Å². The van der Waals surface area contributed by atoms with E-state index in [0.29, 0.717) is 31.4 Å². The van der Waals surface area contributed by atoms with E-state index < -0.39 is 8.32 Å². The number of carbonyl (C=O) groups is 2. The molecule has 5 heteroatoms. The lowest BCUT2D eigenvalue weighted by molar-refractivity contribution is -0.139. The van der Waals surface area contributed by atoms with E-state index in [0.717, 1.165) is 0 Å². The summed E-state index contributed by atoms with van der Waals surface area (Å²) in [4.78, 5) is 22.4. The molecule has 0 aromatic rings. The van der Waals surface area contributed by atoms with E-state index in [4.69, 9.17) is 9.16 Å². The molecule has 0 saturated heterocycles. The number of hydrogen-bond donors (Lipinski definition) is 0. The van der Waals surface area contributed by atoms with Crippen LogP contribution in [0.3, 0.4) is 0 Å². The second-order valence-corrected chi connectivity index (χ2v) is 9.39. The van der Waals surface area contributed by atoms with Crippen molar-refractivity contribution in [3.8, 4) is 0 Å². The molecule has 98 valence electrons. The van der Waals surface area contributed by atoms with Crippen molar-refractivity contribution in [1.82, 2.24) is 0 Å². The summed E-state index contributed by atoms with van der Waals surface area (Å²) >= 11 is 0. The molecule has 0 saturated carbocycles. The Morgan fingerprint density at radius 1 is 1.18 bits per heavy atom. The molecule has 0 radical (unpaired) electrons. The fourth-order valence-corrected chi connectivity index (χ4v) is 1.84. The molecular formula is C12H22O4Si. The van der Waals surface area contributed by atoms with Crippen LogP contribution in [0.2, 0.25) is 19.6 Å². The van der Waals surface area contributed by atoms with Gasteiger partial charge >= 0.3 is 5.97 Å². The van der Waals surface area contributed by atoms with Crippen LogP contribution in [0.15, 0.2) is 12.2 Å². The number of esters is 1. The number of rotatable bonds is 7. The highest BCUT2D eigenvalue weighted by molar-refractivity contribution is 6.71. The Hall–Kier alpha value is -1.10. The third-order valence-corrected chi connectivity index (χ3v) is 2.62. The number of hydrogen-bond acceptors (Lipinski definition) is 4. The minimum Gasteiger partial charge on any atom is -0.520 e. The molecule has 0 N–H and O–H groups in total. The predicted octanol–water partition coefficient (Wildman–Crippen LogP) is 2.65. The predicted molar refractivity (Wildman–Crippen MR) is 69.1 cm³/mol. The van der Waals surface area contributed by atoms with Gasteiger partial charge < -0.3 is 9.16 Å². The maximum Gasteiger partial charge on any atom is 0.333 e. The maximum absolute atomic E-state index is 11.4. The van der Waals surface area contributed by atoms with E-state index in [2.05, 4.69) is 6.58 Å². The van der Waals surface area contributed by atoms with Gasteiger partial charge in [-0.05, 0) is 39.4 Å². The second kappa shape index (κ2) is 7.27. The van der Waals surface area contributed by atoms with Gasteiger partial charge in [0.15, 0.2) is 0 Å². The first-order valence-corrected chi connectivity index (χ1v) is 9.17. The van der Waals surface area contributed by atoms with Crippen molar-refractivity contribution in [3.05, 3.63) is 12.2 Å². The quantitative estimate of drug-likeness (QED) is 0.305. The Morgan fingerprint density at radius 2 is 1.76 bits per heavy atom. The van der Waals surface area contributed by atoms with Gasteiger partial charge in [-0.15, -0.1) is 0 Å². The summed E-state index contributed by atoms with van der Waals surface area (Å²) in [5.74, 6) is -0.537. The van der Waals surface area contributed by atoms with Crippen molar-refractivity contribution in [2.24, 2.45) is 0 Å². The molecule has 4 nitrogen and oxygen atoms in total. The maximum atomic E-state index is 11.4. The zero-order valence-corrected chi connectivity index (χ0v) is 12.2. The van der Waals surface area contributed by atoms with Gasteiger partial charge in [-0.3, -0.25) is 4.79 Å². The van der Waals surface area contributed by atoms with Crippen LogP contribution in [-0.2, 0) is 18.8 Å². The van der Waals surface area contributed by atoms with E-state index in [9.17, 15) is 9.59 Å². The Labute approximate surface area is 104 Å². The van der Waals surface area contributed by atoms with E-state index in [-0.39, 0.29) is 11.9 Å². The number of carbonyl (C=O) groups excluding carboxylic acids is 2. The number of ether oxygens (including phenoxy) is 1. The fourth-order valence-electron chi connectivity index (χ4n) is 1.05. The standard InChI is InChI=1S/C12H22O4Si/c1-10(2)12(14)15-9-7-6-8-11(13)16-17(3,4)5/h1,6-9H2,2-5H3. The zero-order valence-electron chi connectivity index (χ0n) is 11.2. The molecular weight excluding hydrogens is 236 g/mol. The normalized spacial score (nSPS) is 10.8. The Morgan fingerprint density at radius 3 is 2.24 bits per heavy atom. The molecule has 0 atom stereocenters. The lowest BCUT2D eigenvalue weighted by atomic mass is 10.2. The lowest BCUT2D eigenvalue weighted by Crippen LogP contribution is -2.29. The average Bonchev–Trinajstić information content (AvgIpc) is 2.13. The van der Waals surface area contributed by atoms with Crippen LogP contribution in [0.1, 0.15) is 26.2 Å². The Kier molecular flexibility index (Phi) is 6.80. The van der Waals surface area contributed by atoms with Crippen molar-refractivity contribution in [3.63, 3.8) is 0 Å². The van der Waals surface area contributed by atoms with Crippen molar-refractivity contribution in [2.45, 2.75) is 45.8 Å². The van der Waals surface area contributed by atoms with Crippen LogP contribution < -0.4 is 0 Å². The van der Waals surface area contributed by atoms with Crippen molar-refractivity contribution in [1.29, 1.82) is 0 Å². The summed E-state index contributed by atoms with van der Waals surface area (Å²) in [6.45, 7) is 11.3. The Balaban J connectivity index is 3.56. The van der Waals surface area contributed by atoms with Crippen LogP contribution in [0.25, 0.3) is 0 Å². The molecule has 0 aromatic carbocycles. The molecule has 0 heterocycles. The molecule has 0 fully saturated rings. The van der Waals surface area contributed by atoms with Gasteiger partial charge in [-0.1, -0.05) is 6.58 Å². The molecule has 17 heavy (non-hydrogen) atoms. The Bertz CT molecular complexity index is 291. The summed E-state index contributed by atoms with van der Waals surface area (Å²) in [5, 5.41) is 0. The molecule has 0 aliphatic carbocycles. The van der Waals surface area contributed by atoms with Crippen LogP contribution in [0.4, 0.5) is 0 Å². The van der Waals surface area contributed by atoms with Crippen LogP contribution in [-0.4, -0.2) is 26.9 Å². The summed E-state index contributed by atoms with van der Waals surface area (Å²) < 4.78 is 10.2. The first-order valence-electron chi connectivity index (χ1n) is 5.77. The molecule has 0 spiro atoms. The molecule has 0 unspecified atom stereocenters. The topological polar surface area (TPSA) is 52.6 Å². The highest BCUT2D eigenvalue weighted by Crippen LogP contribution is 2.07. The average molecular weight is 258 g/mol. The summed E-state index contributed by atoms with van der Waals surface area (Å²) in [6, 6.07) is 0. The van der Waals surface area contributed by atoms with E-state index in [1.165, 1.54) is 0 Å². The van der Waals surface area contributed by atoms with E-state index >= 15 is 0 Å². The monoisotopic (exact) mass is 258 g/mol. The molecule has 0 aliphatic rings. The van der Waals surface area contributed by atoms with E-state index in [1.807, 2.05) is 19.6 Å². The van der Waals surface area contributed by atoms with Crippen molar-refractivity contribution >= 4 is 20.3 Å².